The van der Waals surface area contributed by atoms with Crippen LogP contribution < -0.4 is 25.6 Å². The fraction of sp³-hybridized carbons (Fsp3) is 0.514. The van der Waals surface area contributed by atoms with Gasteiger partial charge in [0, 0.05) is 57.2 Å². The molecule has 0 radical (unpaired) electrons. The van der Waals surface area contributed by atoms with E-state index in [0.717, 1.165) is 51.1 Å². The number of carbonyl (C=O) groups excluding carboxylic acids is 2. The summed E-state index contributed by atoms with van der Waals surface area (Å²) in [5.74, 6) is 1.15. The van der Waals surface area contributed by atoms with Crippen molar-refractivity contribution in [2.24, 2.45) is 23.2 Å². The maximum atomic E-state index is 14.1. The number of nitrogens with zero attached hydrogens (tertiary/aromatic N) is 4. The molecule has 5 aliphatic rings. The van der Waals surface area contributed by atoms with E-state index in [9.17, 15) is 22.8 Å². The fourth-order valence-electron chi connectivity index (χ4n) is 9.46. The number of rotatable bonds is 9. The van der Waals surface area contributed by atoms with Crippen molar-refractivity contribution < 1.29 is 32.2 Å². The molecule has 5 fully saturated rings. The second-order valence-corrected chi connectivity index (χ2v) is 14.4. The first-order valence-corrected chi connectivity index (χ1v) is 17.5. The minimum absolute atomic E-state index is 0.0160. The molecular formula is C37H44F3N7O4. The van der Waals surface area contributed by atoms with E-state index in [4.69, 9.17) is 9.47 Å². The summed E-state index contributed by atoms with van der Waals surface area (Å²) in [6.45, 7) is 5.22. The van der Waals surface area contributed by atoms with Gasteiger partial charge in [0.1, 0.15) is 17.1 Å². The smallest absolute Gasteiger partial charge is 0.421 e. The Balaban J connectivity index is 1.06. The van der Waals surface area contributed by atoms with E-state index in [1.807, 2.05) is 18.2 Å². The maximum Gasteiger partial charge on any atom is 0.421 e. The van der Waals surface area contributed by atoms with Crippen LogP contribution in [-0.4, -0.2) is 80.2 Å². The summed E-state index contributed by atoms with van der Waals surface area (Å²) in [6, 6.07) is 11.1. The van der Waals surface area contributed by atoms with Crippen molar-refractivity contribution in [3.05, 3.63) is 59.3 Å². The normalized spacial score (nSPS) is 25.7. The molecule has 4 bridgehead atoms. The SMILES string of the molecule is CNC(=O)c1cccc(C)c1Nc1nc(Nc2ccc(N3CCN(C4C5CC6CC4CC(C(=O)OC)(C6)C5)CC3)cc2OC)ncc1C(F)(F)F. The molecule has 1 saturated heterocycles. The fourth-order valence-corrected chi connectivity index (χ4v) is 9.46. The Labute approximate surface area is 295 Å². The molecule has 1 aliphatic heterocycles. The van der Waals surface area contributed by atoms with Gasteiger partial charge >= 0.3 is 12.1 Å². The highest BCUT2D eigenvalue weighted by atomic mass is 19.4. The molecule has 0 spiro atoms. The number of ether oxygens (including phenoxy) is 2. The van der Waals surface area contributed by atoms with Gasteiger partial charge in [-0.05, 0) is 80.5 Å². The van der Waals surface area contributed by atoms with E-state index in [0.29, 0.717) is 47.0 Å². The number of amides is 1. The minimum Gasteiger partial charge on any atom is -0.494 e. The summed E-state index contributed by atoms with van der Waals surface area (Å²) in [5.41, 5.74) is 1.07. The van der Waals surface area contributed by atoms with Crippen LogP contribution in [-0.2, 0) is 15.7 Å². The highest BCUT2D eigenvalue weighted by molar-refractivity contribution is 6.00. The van der Waals surface area contributed by atoms with Crippen molar-refractivity contribution in [3.8, 4) is 5.75 Å². The Kier molecular flexibility index (Phi) is 9.23. The maximum absolute atomic E-state index is 14.1. The number of methoxy groups -OCH3 is 2. The number of anilines is 5. The van der Waals surface area contributed by atoms with E-state index in [2.05, 4.69) is 35.7 Å². The van der Waals surface area contributed by atoms with Crippen molar-refractivity contribution in [2.75, 3.05) is 63.0 Å². The van der Waals surface area contributed by atoms with E-state index < -0.39 is 23.5 Å². The molecule has 3 aromatic rings. The monoisotopic (exact) mass is 707 g/mol. The predicted molar refractivity (Wildman–Crippen MR) is 187 cm³/mol. The lowest BCUT2D eigenvalue weighted by Crippen LogP contribution is -2.63. The average molecular weight is 708 g/mol. The third-order valence-electron chi connectivity index (χ3n) is 11.5. The minimum atomic E-state index is -4.75. The van der Waals surface area contributed by atoms with Crippen molar-refractivity contribution in [2.45, 2.75) is 51.2 Å². The van der Waals surface area contributed by atoms with Crippen molar-refractivity contribution in [1.82, 2.24) is 20.2 Å². The van der Waals surface area contributed by atoms with E-state index in [-0.39, 0.29) is 28.6 Å². The van der Waals surface area contributed by atoms with E-state index in [1.165, 1.54) is 40.2 Å². The van der Waals surface area contributed by atoms with E-state index in [1.54, 1.807) is 19.1 Å². The molecule has 1 amide bonds. The van der Waals surface area contributed by atoms with Crippen LogP contribution in [0, 0.1) is 30.1 Å². The van der Waals surface area contributed by atoms with Gasteiger partial charge in [0.25, 0.3) is 5.91 Å². The molecule has 14 heteroatoms. The average Bonchev–Trinajstić information content (AvgIpc) is 3.11. The number of aromatic nitrogens is 2. The molecule has 3 N–H and O–H groups in total. The highest BCUT2D eigenvalue weighted by Crippen LogP contribution is 2.61. The zero-order valence-electron chi connectivity index (χ0n) is 29.3. The van der Waals surface area contributed by atoms with Crippen LogP contribution >= 0.6 is 0 Å². The summed E-state index contributed by atoms with van der Waals surface area (Å²) >= 11 is 0. The van der Waals surface area contributed by atoms with Gasteiger partial charge < -0.3 is 30.3 Å². The molecule has 2 aromatic carbocycles. The van der Waals surface area contributed by atoms with E-state index >= 15 is 0 Å². The second-order valence-electron chi connectivity index (χ2n) is 14.4. The van der Waals surface area contributed by atoms with Crippen molar-refractivity contribution in [1.29, 1.82) is 0 Å². The zero-order chi connectivity index (χ0) is 36.1. The number of nitrogens with one attached hydrogen (secondary N) is 3. The van der Waals surface area contributed by atoms with Gasteiger partial charge in [-0.15, -0.1) is 0 Å². The first-order valence-electron chi connectivity index (χ1n) is 17.5. The van der Waals surface area contributed by atoms with Gasteiger partial charge in [0.05, 0.1) is 36.6 Å². The summed E-state index contributed by atoms with van der Waals surface area (Å²) in [7, 11) is 4.51. The number of hydrogen-bond acceptors (Lipinski definition) is 10. The Hall–Kier alpha value is -4.59. The topological polar surface area (TPSA) is 121 Å². The third kappa shape index (κ3) is 6.54. The first kappa shape index (κ1) is 34.8. The molecule has 4 saturated carbocycles. The van der Waals surface area contributed by atoms with Crippen LogP contribution in [0.3, 0.4) is 0 Å². The first-order chi connectivity index (χ1) is 24.4. The number of hydrogen-bond donors (Lipinski definition) is 3. The van der Waals surface area contributed by atoms with Crippen LogP contribution in [0.1, 0.15) is 53.6 Å². The molecule has 2 atom stereocenters. The van der Waals surface area contributed by atoms with Gasteiger partial charge in [-0.1, -0.05) is 12.1 Å². The standard InChI is InChI=1S/C37H44F3N7O4/c1-21-6-5-7-26(33(48)41-2)30(21)44-32-27(37(38,39)40)20-42-35(45-32)43-28-9-8-25(16-29(28)50-3)46-10-12-47(13-11-46)31-23-14-22-15-24(31)19-36(17-22,18-23)34(49)51-4/h5-9,16,20,22-24,31H,10-15,17-19H2,1-4H3,(H,41,48)(H2,42,43,44,45). The number of halogens is 3. The second kappa shape index (κ2) is 13.5. The summed E-state index contributed by atoms with van der Waals surface area (Å²) in [5, 5.41) is 8.30. The lowest BCUT2D eigenvalue weighted by molar-refractivity contribution is -0.176. The van der Waals surface area contributed by atoms with Crippen LogP contribution in [0.2, 0.25) is 0 Å². The van der Waals surface area contributed by atoms with Crippen LogP contribution in [0.5, 0.6) is 5.75 Å². The summed E-state index contributed by atoms with van der Waals surface area (Å²) < 4.78 is 53.2. The van der Waals surface area contributed by atoms with Gasteiger partial charge in [0.2, 0.25) is 5.95 Å². The third-order valence-corrected chi connectivity index (χ3v) is 11.5. The number of esters is 1. The molecule has 11 nitrogen and oxygen atoms in total. The lowest BCUT2D eigenvalue weighted by Gasteiger charge is -2.61. The number of piperazine rings is 1. The largest absolute Gasteiger partial charge is 0.494 e. The Morgan fingerprint density at radius 3 is 2.35 bits per heavy atom. The van der Waals surface area contributed by atoms with Crippen molar-refractivity contribution in [3.63, 3.8) is 0 Å². The van der Waals surface area contributed by atoms with Crippen molar-refractivity contribution >= 4 is 40.7 Å². The van der Waals surface area contributed by atoms with Crippen LogP contribution in [0.25, 0.3) is 0 Å². The molecule has 2 heterocycles. The van der Waals surface area contributed by atoms with Gasteiger partial charge in [-0.3, -0.25) is 14.5 Å². The zero-order valence-corrected chi connectivity index (χ0v) is 29.3. The summed E-state index contributed by atoms with van der Waals surface area (Å²) in [4.78, 5) is 38.4. The predicted octanol–water partition coefficient (Wildman–Crippen LogP) is 6.15. The molecule has 1 aromatic heterocycles. The van der Waals surface area contributed by atoms with Crippen LogP contribution in [0.15, 0.2) is 42.6 Å². The lowest BCUT2D eigenvalue weighted by atomic mass is 9.47. The number of aryl methyl sites for hydroxylation is 1. The quantitative estimate of drug-likeness (QED) is 0.224. The van der Waals surface area contributed by atoms with Gasteiger partial charge in [-0.2, -0.15) is 18.2 Å². The van der Waals surface area contributed by atoms with Crippen LogP contribution in [0.4, 0.5) is 42.0 Å². The van der Waals surface area contributed by atoms with Gasteiger partial charge in [-0.25, -0.2) is 4.98 Å². The molecule has 51 heavy (non-hydrogen) atoms. The molecule has 4 aliphatic carbocycles. The molecule has 2 unspecified atom stereocenters. The van der Waals surface area contributed by atoms with Gasteiger partial charge in [0.15, 0.2) is 0 Å². The Morgan fingerprint density at radius 2 is 1.71 bits per heavy atom. The number of carbonyl (C=O) groups is 2. The molecule has 8 rings (SSSR count). The Morgan fingerprint density at radius 1 is 0.980 bits per heavy atom. The number of alkyl halides is 3. The number of benzene rings is 2. The number of para-hydroxylation sites is 1. The highest BCUT2D eigenvalue weighted by Gasteiger charge is 2.60. The molecular weight excluding hydrogens is 663 g/mol. The molecule has 272 valence electrons. The summed E-state index contributed by atoms with van der Waals surface area (Å²) in [6.07, 6.45) is 1.23. The Bertz CT molecular complexity index is 1800.